The number of thioether (sulfide) groups is 1. The van der Waals surface area contributed by atoms with E-state index in [1.807, 2.05) is 45.9 Å². The zero-order valence-corrected chi connectivity index (χ0v) is 29.0. The second-order valence-electron chi connectivity index (χ2n) is 14.2. The molecule has 0 bridgehead atoms. The van der Waals surface area contributed by atoms with E-state index in [2.05, 4.69) is 42.0 Å². The van der Waals surface area contributed by atoms with Crippen molar-refractivity contribution in [3.8, 4) is 0 Å². The molecule has 1 N–H and O–H groups in total. The highest BCUT2D eigenvalue weighted by Crippen LogP contribution is 2.48. The summed E-state index contributed by atoms with van der Waals surface area (Å²) < 4.78 is 15.6. The number of carbonyl (C=O) groups excluding carboxylic acids is 3. The summed E-state index contributed by atoms with van der Waals surface area (Å²) >= 11 is 1.49. The van der Waals surface area contributed by atoms with Crippen molar-refractivity contribution in [3.63, 3.8) is 0 Å². The van der Waals surface area contributed by atoms with Gasteiger partial charge in [0.2, 0.25) is 11.8 Å². The van der Waals surface area contributed by atoms with Gasteiger partial charge in [0, 0.05) is 85.9 Å². The number of nitrogens with zero attached hydrogens (tertiary/aromatic N) is 5. The molecule has 0 radical (unpaired) electrons. The highest BCUT2D eigenvalue weighted by molar-refractivity contribution is 8.01. The van der Waals surface area contributed by atoms with Gasteiger partial charge in [-0.1, -0.05) is 37.3 Å². The molecule has 4 aliphatic rings. The molecule has 11 heteroatoms. The van der Waals surface area contributed by atoms with Gasteiger partial charge in [-0.25, -0.2) is 9.18 Å². The lowest BCUT2D eigenvalue weighted by molar-refractivity contribution is -0.136. The van der Waals surface area contributed by atoms with Crippen molar-refractivity contribution >= 4 is 41.0 Å². The first-order chi connectivity index (χ1) is 22.5. The SMILES string of the molecule is CCCN1C(=O)[C@H](CC(=O)N2CCC(N3CCc4ccccc4NC3=O)CC2)SC1c1cccc(F)c1N1CCN(C(C)(C)C)CC1.[HH].[HH].[HH]. The van der Waals surface area contributed by atoms with E-state index >= 15 is 4.39 Å². The van der Waals surface area contributed by atoms with E-state index in [0.717, 1.165) is 42.7 Å². The van der Waals surface area contributed by atoms with Gasteiger partial charge in [0.05, 0.1) is 10.9 Å². The number of amides is 4. The van der Waals surface area contributed by atoms with Crippen molar-refractivity contribution in [2.45, 2.75) is 82.0 Å². The van der Waals surface area contributed by atoms with Gasteiger partial charge in [0.25, 0.3) is 0 Å². The fraction of sp³-hybridized carbons (Fsp3) is 0.583. The molecule has 0 aliphatic carbocycles. The van der Waals surface area contributed by atoms with E-state index in [9.17, 15) is 14.4 Å². The predicted molar refractivity (Wildman–Crippen MR) is 192 cm³/mol. The number of likely N-dealkylation sites (tertiary alicyclic amines) is 1. The van der Waals surface area contributed by atoms with Crippen molar-refractivity contribution in [1.82, 2.24) is 19.6 Å². The van der Waals surface area contributed by atoms with E-state index < -0.39 is 5.25 Å². The Morgan fingerprint density at radius 3 is 2.40 bits per heavy atom. The molecule has 3 fully saturated rings. The van der Waals surface area contributed by atoms with Crippen LogP contribution in [0, 0.1) is 5.82 Å². The Morgan fingerprint density at radius 1 is 0.979 bits per heavy atom. The number of urea groups is 1. The number of nitrogens with one attached hydrogen (secondary N) is 1. The predicted octanol–water partition coefficient (Wildman–Crippen LogP) is 6.31. The minimum Gasteiger partial charge on any atom is -0.366 e. The number of rotatable bonds is 7. The minimum atomic E-state index is -0.513. The molecule has 0 spiro atoms. The highest BCUT2D eigenvalue weighted by Gasteiger charge is 2.44. The maximum absolute atomic E-state index is 15.6. The van der Waals surface area contributed by atoms with Gasteiger partial charge in [-0.05, 0) is 64.2 Å². The summed E-state index contributed by atoms with van der Waals surface area (Å²) in [6.07, 6.45) is 3.12. The lowest BCUT2D eigenvalue weighted by Gasteiger charge is -2.43. The van der Waals surface area contributed by atoms with Crippen molar-refractivity contribution in [1.29, 1.82) is 0 Å². The van der Waals surface area contributed by atoms with Gasteiger partial charge in [-0.15, -0.1) is 11.8 Å². The Kier molecular flexibility index (Phi) is 10.0. The number of benzene rings is 2. The smallest absolute Gasteiger partial charge is 0.322 e. The van der Waals surface area contributed by atoms with Gasteiger partial charge >= 0.3 is 6.03 Å². The molecule has 6 rings (SSSR count). The zero-order valence-electron chi connectivity index (χ0n) is 28.2. The standard InChI is InChI=1S/C36H49FN6O3S.3H2/c1-5-16-43-33(45)30(47-34(43)27-10-8-11-28(37)32(27)40-20-22-41(23-21-40)36(2,3)4)24-31(44)39-17-14-26(15-18-39)42-19-13-25-9-6-7-12-29(25)38-35(42)46;;;/h6-12,26,30,34H,5,13-24H2,1-4H3,(H,38,46);3*1H/t30-,34?;;;/m0.../s1. The van der Waals surface area contributed by atoms with Crippen molar-refractivity contribution in [2.24, 2.45) is 0 Å². The number of piperidine rings is 1. The van der Waals surface area contributed by atoms with Crippen molar-refractivity contribution in [3.05, 3.63) is 59.4 Å². The molecule has 4 aliphatic heterocycles. The summed E-state index contributed by atoms with van der Waals surface area (Å²) in [5.41, 5.74) is 3.46. The number of hydrogen-bond donors (Lipinski definition) is 1. The normalized spacial score (nSPS) is 23.2. The fourth-order valence-corrected chi connectivity index (χ4v) is 9.05. The van der Waals surface area contributed by atoms with Gasteiger partial charge in [-0.2, -0.15) is 0 Å². The number of hydrogen-bond acceptors (Lipinski definition) is 6. The highest BCUT2D eigenvalue weighted by atomic mass is 32.2. The fourth-order valence-electron chi connectivity index (χ4n) is 7.55. The summed E-state index contributed by atoms with van der Waals surface area (Å²) in [5, 5.41) is 2.20. The monoisotopic (exact) mass is 670 g/mol. The molecule has 0 aromatic heterocycles. The molecule has 47 heavy (non-hydrogen) atoms. The van der Waals surface area contributed by atoms with E-state index in [4.69, 9.17) is 0 Å². The lowest BCUT2D eigenvalue weighted by atomic mass is 10.0. The topological polar surface area (TPSA) is 79.4 Å². The van der Waals surface area contributed by atoms with E-state index in [1.165, 1.54) is 17.8 Å². The van der Waals surface area contributed by atoms with Crippen LogP contribution in [-0.4, -0.2) is 107 Å². The van der Waals surface area contributed by atoms with Crippen LogP contribution in [0.1, 0.15) is 74.2 Å². The molecule has 3 saturated heterocycles. The Balaban J connectivity index is 0.00000225. The van der Waals surface area contributed by atoms with E-state index in [-0.39, 0.29) is 51.3 Å². The Labute approximate surface area is 287 Å². The summed E-state index contributed by atoms with van der Waals surface area (Å²) in [5.74, 6) is -0.337. The largest absolute Gasteiger partial charge is 0.366 e. The van der Waals surface area contributed by atoms with Gasteiger partial charge in [0.15, 0.2) is 0 Å². The summed E-state index contributed by atoms with van der Waals surface area (Å²) in [7, 11) is 0. The third-order valence-corrected chi connectivity index (χ3v) is 11.7. The average molecular weight is 671 g/mol. The van der Waals surface area contributed by atoms with Crippen LogP contribution in [0.25, 0.3) is 0 Å². The second-order valence-corrected chi connectivity index (χ2v) is 15.5. The van der Waals surface area contributed by atoms with Crippen LogP contribution in [0.2, 0.25) is 0 Å². The Hall–Kier alpha value is -3.31. The summed E-state index contributed by atoms with van der Waals surface area (Å²) in [6.45, 7) is 14.1. The summed E-state index contributed by atoms with van der Waals surface area (Å²) in [6, 6.07) is 13.1. The van der Waals surface area contributed by atoms with Crippen LogP contribution in [0.4, 0.5) is 20.6 Å². The second kappa shape index (κ2) is 14.0. The van der Waals surface area contributed by atoms with Gasteiger partial charge in [-0.3, -0.25) is 14.5 Å². The maximum atomic E-state index is 15.6. The molecule has 2 aromatic carbocycles. The quantitative estimate of drug-likeness (QED) is 0.372. The molecular weight excluding hydrogens is 616 g/mol. The van der Waals surface area contributed by atoms with Crippen molar-refractivity contribution < 1.29 is 23.1 Å². The molecule has 4 heterocycles. The first kappa shape index (κ1) is 33.6. The molecular formula is C36H55FN6O3S. The molecule has 1 unspecified atom stereocenters. The molecule has 260 valence electrons. The summed E-state index contributed by atoms with van der Waals surface area (Å²) in [4.78, 5) is 50.7. The van der Waals surface area contributed by atoms with Crippen LogP contribution >= 0.6 is 11.8 Å². The molecule has 4 amide bonds. The van der Waals surface area contributed by atoms with Crippen LogP contribution in [-0.2, 0) is 16.0 Å². The van der Waals surface area contributed by atoms with Gasteiger partial charge < -0.3 is 24.9 Å². The van der Waals surface area contributed by atoms with E-state index in [0.29, 0.717) is 57.8 Å². The Bertz CT molecular complexity index is 1480. The third kappa shape index (κ3) is 7.11. The lowest BCUT2D eigenvalue weighted by Crippen LogP contribution is -2.53. The van der Waals surface area contributed by atoms with Crippen LogP contribution in [0.5, 0.6) is 0 Å². The zero-order chi connectivity index (χ0) is 33.3. The number of halogens is 1. The number of carbonyl (C=O) groups is 3. The van der Waals surface area contributed by atoms with E-state index in [1.54, 1.807) is 6.07 Å². The van der Waals surface area contributed by atoms with Gasteiger partial charge in [0.1, 0.15) is 11.2 Å². The van der Waals surface area contributed by atoms with Crippen LogP contribution in [0.15, 0.2) is 42.5 Å². The first-order valence-electron chi connectivity index (χ1n) is 17.2. The molecule has 9 nitrogen and oxygen atoms in total. The number of anilines is 2. The third-order valence-electron chi connectivity index (χ3n) is 10.2. The van der Waals surface area contributed by atoms with Crippen LogP contribution in [0.3, 0.4) is 0 Å². The number of fused-ring (bicyclic) bond motifs is 1. The minimum absolute atomic E-state index is 0. The average Bonchev–Trinajstić information content (AvgIpc) is 3.24. The molecule has 2 aromatic rings. The first-order valence-corrected chi connectivity index (χ1v) is 18.2. The maximum Gasteiger partial charge on any atom is 0.322 e. The number of para-hydroxylation sites is 2. The Morgan fingerprint density at radius 2 is 1.70 bits per heavy atom. The van der Waals surface area contributed by atoms with Crippen LogP contribution < -0.4 is 10.2 Å². The van der Waals surface area contributed by atoms with Crippen molar-refractivity contribution in [2.75, 3.05) is 62.6 Å². The number of piperazine rings is 1. The molecule has 0 saturated carbocycles. The molecule has 2 atom stereocenters.